The average Bonchev–Trinajstić information content (AvgIpc) is 2.69. The smallest absolute Gasteiger partial charge is 0.303 e. The fourth-order valence-electron chi connectivity index (χ4n) is 2.88. The molecule has 0 spiro atoms. The summed E-state index contributed by atoms with van der Waals surface area (Å²) < 4.78 is 22.9. The summed E-state index contributed by atoms with van der Waals surface area (Å²) in [6.45, 7) is 2.56. The predicted octanol–water partition coefficient (Wildman–Crippen LogP) is 3.63. The lowest BCUT2D eigenvalue weighted by atomic mass is 10.1. The number of benzene rings is 2. The topological polar surface area (TPSA) is 54.0 Å². The van der Waals surface area contributed by atoms with Crippen molar-refractivity contribution in [2.75, 3.05) is 6.61 Å². The van der Waals surface area contributed by atoms with E-state index in [-0.39, 0.29) is 5.97 Å². The molecule has 5 heteroatoms. The molecule has 0 amide bonds. The molecule has 0 saturated carbocycles. The zero-order valence-corrected chi connectivity index (χ0v) is 15.3. The highest BCUT2D eigenvalue weighted by atomic mass is 16.6. The third-order valence-electron chi connectivity index (χ3n) is 4.19. The number of esters is 1. The number of ether oxygens (including phenoxy) is 4. The Bertz CT molecular complexity index is 729. The quantitative estimate of drug-likeness (QED) is 0.666. The third-order valence-corrected chi connectivity index (χ3v) is 4.19. The number of rotatable bonds is 8. The van der Waals surface area contributed by atoms with Crippen molar-refractivity contribution in [2.24, 2.45) is 0 Å². The summed E-state index contributed by atoms with van der Waals surface area (Å²) in [5.74, 6) is -0.375. The van der Waals surface area contributed by atoms with E-state index in [1.54, 1.807) is 12.3 Å². The van der Waals surface area contributed by atoms with Crippen LogP contribution in [-0.2, 0) is 37.0 Å². The van der Waals surface area contributed by atoms with Gasteiger partial charge < -0.3 is 18.9 Å². The van der Waals surface area contributed by atoms with Crippen molar-refractivity contribution < 1.29 is 23.7 Å². The summed E-state index contributed by atoms with van der Waals surface area (Å²) in [4.78, 5) is 11.6. The number of hydrogen-bond acceptors (Lipinski definition) is 5. The normalized spacial score (nSPS) is 21.4. The summed E-state index contributed by atoms with van der Waals surface area (Å²) in [5, 5.41) is 0. The van der Waals surface area contributed by atoms with Gasteiger partial charge in [0.2, 0.25) is 0 Å². The van der Waals surface area contributed by atoms with Gasteiger partial charge in [0.1, 0.15) is 6.10 Å². The predicted molar refractivity (Wildman–Crippen MR) is 101 cm³/mol. The van der Waals surface area contributed by atoms with E-state index in [1.165, 1.54) is 6.92 Å². The molecule has 0 aliphatic carbocycles. The van der Waals surface area contributed by atoms with Gasteiger partial charge in [0.25, 0.3) is 0 Å². The van der Waals surface area contributed by atoms with E-state index in [9.17, 15) is 4.79 Å². The van der Waals surface area contributed by atoms with Crippen LogP contribution in [0.1, 0.15) is 18.1 Å². The van der Waals surface area contributed by atoms with Crippen LogP contribution in [0.2, 0.25) is 0 Å². The first-order valence-corrected chi connectivity index (χ1v) is 8.99. The average molecular weight is 368 g/mol. The zero-order chi connectivity index (χ0) is 18.9. The Morgan fingerprint density at radius 3 is 2.22 bits per heavy atom. The first-order valence-electron chi connectivity index (χ1n) is 8.99. The molecule has 1 heterocycles. The standard InChI is InChI=1S/C22H24O5/c1-17(23)27-22-20(26-15-19-10-6-3-7-11-19)12-13-25-21(22)16-24-14-18-8-4-2-5-9-18/h2-13,20-22H,14-16H2,1H3/t20-,21?,22+/m1/s1. The van der Waals surface area contributed by atoms with E-state index in [1.807, 2.05) is 60.7 Å². The molecule has 2 aromatic rings. The molecule has 0 radical (unpaired) electrons. The van der Waals surface area contributed by atoms with E-state index >= 15 is 0 Å². The van der Waals surface area contributed by atoms with Crippen molar-refractivity contribution in [1.29, 1.82) is 0 Å². The SMILES string of the molecule is CC(=O)O[C@@H]1C(COCc2ccccc2)OC=C[C@H]1OCc1ccccc1. The molecule has 0 saturated heterocycles. The molecule has 0 N–H and O–H groups in total. The Labute approximate surface area is 159 Å². The van der Waals surface area contributed by atoms with Crippen LogP contribution in [0.5, 0.6) is 0 Å². The number of carbonyl (C=O) groups excluding carboxylic acids is 1. The first kappa shape index (κ1) is 19.1. The molecule has 0 fully saturated rings. The molecule has 3 atom stereocenters. The third kappa shape index (κ3) is 5.94. The van der Waals surface area contributed by atoms with Crippen LogP contribution in [0.25, 0.3) is 0 Å². The van der Waals surface area contributed by atoms with E-state index in [0.29, 0.717) is 19.8 Å². The minimum Gasteiger partial charge on any atom is -0.492 e. The van der Waals surface area contributed by atoms with Gasteiger partial charge in [-0.15, -0.1) is 0 Å². The second-order valence-electron chi connectivity index (χ2n) is 6.34. The minimum absolute atomic E-state index is 0.294. The lowest BCUT2D eigenvalue weighted by Crippen LogP contribution is -2.46. The zero-order valence-electron chi connectivity index (χ0n) is 15.3. The van der Waals surface area contributed by atoms with Crippen LogP contribution >= 0.6 is 0 Å². The monoisotopic (exact) mass is 368 g/mol. The lowest BCUT2D eigenvalue weighted by Gasteiger charge is -2.33. The van der Waals surface area contributed by atoms with Gasteiger partial charge in [-0.3, -0.25) is 4.79 Å². The molecule has 0 aromatic heterocycles. The molecular weight excluding hydrogens is 344 g/mol. The van der Waals surface area contributed by atoms with Crippen LogP contribution in [-0.4, -0.2) is 30.9 Å². The highest BCUT2D eigenvalue weighted by molar-refractivity contribution is 5.66. The van der Waals surface area contributed by atoms with E-state index in [4.69, 9.17) is 18.9 Å². The maximum absolute atomic E-state index is 11.6. The summed E-state index contributed by atoms with van der Waals surface area (Å²) in [5.41, 5.74) is 2.13. The highest BCUT2D eigenvalue weighted by Crippen LogP contribution is 2.21. The largest absolute Gasteiger partial charge is 0.492 e. The van der Waals surface area contributed by atoms with Crippen LogP contribution < -0.4 is 0 Å². The fraction of sp³-hybridized carbons (Fsp3) is 0.318. The second kappa shape index (κ2) is 9.90. The summed E-state index contributed by atoms with van der Waals surface area (Å²) in [6.07, 6.45) is 1.97. The fourth-order valence-corrected chi connectivity index (χ4v) is 2.88. The first-order chi connectivity index (χ1) is 13.2. The van der Waals surface area contributed by atoms with Gasteiger partial charge in [-0.25, -0.2) is 0 Å². The molecule has 3 rings (SSSR count). The van der Waals surface area contributed by atoms with Gasteiger partial charge in [-0.1, -0.05) is 60.7 Å². The number of hydrogen-bond donors (Lipinski definition) is 0. The Morgan fingerprint density at radius 2 is 1.59 bits per heavy atom. The molecule has 1 aliphatic heterocycles. The van der Waals surface area contributed by atoms with Crippen molar-refractivity contribution >= 4 is 5.97 Å². The highest BCUT2D eigenvalue weighted by Gasteiger charge is 2.36. The van der Waals surface area contributed by atoms with Gasteiger partial charge in [-0.05, 0) is 17.2 Å². The molecule has 27 heavy (non-hydrogen) atoms. The van der Waals surface area contributed by atoms with Crippen molar-refractivity contribution in [3.63, 3.8) is 0 Å². The maximum atomic E-state index is 11.6. The van der Waals surface area contributed by atoms with Crippen LogP contribution in [0.15, 0.2) is 73.0 Å². The summed E-state index contributed by atoms with van der Waals surface area (Å²) in [7, 11) is 0. The molecular formula is C22H24O5. The van der Waals surface area contributed by atoms with Crippen molar-refractivity contribution in [3.8, 4) is 0 Å². The molecule has 142 valence electrons. The molecule has 2 aromatic carbocycles. The Hall–Kier alpha value is -2.63. The van der Waals surface area contributed by atoms with Gasteiger partial charge in [-0.2, -0.15) is 0 Å². The Kier molecular flexibility index (Phi) is 7.02. The molecule has 5 nitrogen and oxygen atoms in total. The summed E-state index contributed by atoms with van der Waals surface area (Å²) >= 11 is 0. The van der Waals surface area contributed by atoms with Crippen LogP contribution in [0.3, 0.4) is 0 Å². The van der Waals surface area contributed by atoms with Crippen LogP contribution in [0, 0.1) is 0 Å². The molecule has 1 unspecified atom stereocenters. The molecule has 1 aliphatic rings. The Balaban J connectivity index is 1.58. The Morgan fingerprint density at radius 1 is 0.963 bits per heavy atom. The molecule has 0 bridgehead atoms. The van der Waals surface area contributed by atoms with Gasteiger partial charge in [0.15, 0.2) is 12.2 Å². The lowest BCUT2D eigenvalue weighted by molar-refractivity contribution is -0.172. The van der Waals surface area contributed by atoms with E-state index in [0.717, 1.165) is 11.1 Å². The van der Waals surface area contributed by atoms with Crippen molar-refractivity contribution in [2.45, 2.75) is 38.4 Å². The second-order valence-corrected chi connectivity index (χ2v) is 6.34. The van der Waals surface area contributed by atoms with Gasteiger partial charge in [0.05, 0.1) is 26.1 Å². The van der Waals surface area contributed by atoms with Crippen molar-refractivity contribution in [1.82, 2.24) is 0 Å². The van der Waals surface area contributed by atoms with E-state index in [2.05, 4.69) is 0 Å². The van der Waals surface area contributed by atoms with Crippen LogP contribution in [0.4, 0.5) is 0 Å². The summed E-state index contributed by atoms with van der Waals surface area (Å²) in [6, 6.07) is 19.7. The maximum Gasteiger partial charge on any atom is 0.303 e. The van der Waals surface area contributed by atoms with Crippen molar-refractivity contribution in [3.05, 3.63) is 84.1 Å². The minimum atomic E-state index is -0.563. The van der Waals surface area contributed by atoms with Gasteiger partial charge >= 0.3 is 5.97 Å². The number of carbonyl (C=O) groups is 1. The van der Waals surface area contributed by atoms with E-state index < -0.39 is 18.3 Å². The van der Waals surface area contributed by atoms with Gasteiger partial charge in [0, 0.05) is 6.92 Å².